The van der Waals surface area contributed by atoms with Crippen LogP contribution in [0.3, 0.4) is 0 Å². The van der Waals surface area contributed by atoms with E-state index in [1.54, 1.807) is 0 Å². The summed E-state index contributed by atoms with van der Waals surface area (Å²) in [6.07, 6.45) is 1.02. The first kappa shape index (κ1) is 16.1. The SMILES string of the molecule is Cc1c2n(cc(C(=O)O)c1=O)CCN(CC(F)(F)CF)C2=O. The quantitative estimate of drug-likeness (QED) is 0.895. The lowest BCUT2D eigenvalue weighted by Gasteiger charge is -2.32. The van der Waals surface area contributed by atoms with E-state index in [4.69, 9.17) is 5.11 Å². The highest BCUT2D eigenvalue weighted by Gasteiger charge is 2.37. The largest absolute Gasteiger partial charge is 0.477 e. The average molecular weight is 318 g/mol. The molecule has 0 radical (unpaired) electrons. The predicted molar refractivity (Wildman–Crippen MR) is 69.2 cm³/mol. The molecule has 0 unspecified atom stereocenters. The van der Waals surface area contributed by atoms with Gasteiger partial charge >= 0.3 is 5.97 Å². The minimum absolute atomic E-state index is 0.0465. The number of pyridine rings is 1. The van der Waals surface area contributed by atoms with Crippen LogP contribution < -0.4 is 5.43 Å². The van der Waals surface area contributed by atoms with Gasteiger partial charge in [0.1, 0.15) is 11.3 Å². The van der Waals surface area contributed by atoms with Crippen molar-refractivity contribution in [3.05, 3.63) is 33.2 Å². The predicted octanol–water partition coefficient (Wildman–Crippen LogP) is 0.916. The molecule has 1 aromatic rings. The molecular formula is C13H13F3N2O4. The van der Waals surface area contributed by atoms with E-state index in [9.17, 15) is 27.6 Å². The van der Waals surface area contributed by atoms with Crippen LogP contribution in [0.25, 0.3) is 0 Å². The summed E-state index contributed by atoms with van der Waals surface area (Å²) in [5.74, 6) is -5.93. The van der Waals surface area contributed by atoms with Gasteiger partial charge in [0.15, 0.2) is 12.1 Å². The molecule has 2 heterocycles. The second-order valence-corrected chi connectivity index (χ2v) is 5.06. The number of alkyl halides is 3. The fourth-order valence-electron chi connectivity index (χ4n) is 2.37. The molecule has 1 aromatic heterocycles. The molecule has 1 amide bonds. The number of amides is 1. The van der Waals surface area contributed by atoms with Gasteiger partial charge in [0.2, 0.25) is 0 Å². The van der Waals surface area contributed by atoms with Crippen molar-refractivity contribution in [1.82, 2.24) is 9.47 Å². The van der Waals surface area contributed by atoms with Crippen LogP contribution >= 0.6 is 0 Å². The summed E-state index contributed by atoms with van der Waals surface area (Å²) in [5.41, 5.74) is -1.60. The number of aromatic nitrogens is 1. The molecule has 1 aliphatic rings. The minimum atomic E-state index is -3.66. The van der Waals surface area contributed by atoms with Gasteiger partial charge < -0.3 is 14.6 Å². The Labute approximate surface area is 122 Å². The van der Waals surface area contributed by atoms with Gasteiger partial charge in [0, 0.05) is 24.8 Å². The Bertz CT molecular complexity index is 699. The molecule has 0 fully saturated rings. The summed E-state index contributed by atoms with van der Waals surface area (Å²) in [6.45, 7) is -1.79. The molecule has 0 spiro atoms. The molecule has 0 atom stereocenters. The molecule has 0 saturated carbocycles. The monoisotopic (exact) mass is 318 g/mol. The zero-order valence-corrected chi connectivity index (χ0v) is 11.6. The normalized spacial score (nSPS) is 14.9. The fourth-order valence-corrected chi connectivity index (χ4v) is 2.37. The van der Waals surface area contributed by atoms with Crippen LogP contribution in [0.1, 0.15) is 26.4 Å². The summed E-state index contributed by atoms with van der Waals surface area (Å²) in [4.78, 5) is 35.9. The van der Waals surface area contributed by atoms with E-state index in [-0.39, 0.29) is 24.3 Å². The smallest absolute Gasteiger partial charge is 0.341 e. The maximum Gasteiger partial charge on any atom is 0.341 e. The molecule has 9 heteroatoms. The number of halogens is 3. The Morgan fingerprint density at radius 3 is 2.55 bits per heavy atom. The van der Waals surface area contributed by atoms with Gasteiger partial charge in [-0.05, 0) is 6.92 Å². The first-order valence-corrected chi connectivity index (χ1v) is 6.38. The lowest BCUT2D eigenvalue weighted by molar-refractivity contribution is -0.0472. The number of hydrogen-bond donors (Lipinski definition) is 1. The van der Waals surface area contributed by atoms with E-state index in [2.05, 4.69) is 0 Å². The second-order valence-electron chi connectivity index (χ2n) is 5.06. The van der Waals surface area contributed by atoms with Gasteiger partial charge in [-0.2, -0.15) is 0 Å². The number of carboxylic acid groups (broad SMARTS) is 1. The van der Waals surface area contributed by atoms with E-state index in [0.717, 1.165) is 11.1 Å². The van der Waals surface area contributed by atoms with Gasteiger partial charge in [-0.15, -0.1) is 0 Å². The van der Waals surface area contributed by atoms with Crippen LogP contribution in [-0.4, -0.2) is 52.1 Å². The van der Waals surface area contributed by atoms with Crippen LogP contribution in [0.4, 0.5) is 13.2 Å². The van der Waals surface area contributed by atoms with Gasteiger partial charge in [0.25, 0.3) is 11.8 Å². The van der Waals surface area contributed by atoms with Gasteiger partial charge in [0.05, 0.1) is 6.54 Å². The molecule has 120 valence electrons. The summed E-state index contributed by atoms with van der Waals surface area (Å²) in [7, 11) is 0. The highest BCUT2D eigenvalue weighted by molar-refractivity contribution is 5.96. The first-order chi connectivity index (χ1) is 10.2. The van der Waals surface area contributed by atoms with Gasteiger partial charge in [-0.25, -0.2) is 18.0 Å². The van der Waals surface area contributed by atoms with Crippen LogP contribution in [0.2, 0.25) is 0 Å². The topological polar surface area (TPSA) is 79.6 Å². The van der Waals surface area contributed by atoms with Crippen molar-refractivity contribution >= 4 is 11.9 Å². The van der Waals surface area contributed by atoms with Gasteiger partial charge in [-0.3, -0.25) is 9.59 Å². The Balaban J connectivity index is 2.45. The van der Waals surface area contributed by atoms with Crippen molar-refractivity contribution in [3.63, 3.8) is 0 Å². The molecule has 0 aliphatic carbocycles. The van der Waals surface area contributed by atoms with Crippen LogP contribution in [-0.2, 0) is 6.54 Å². The third-order valence-corrected chi connectivity index (χ3v) is 3.46. The summed E-state index contributed by atoms with van der Waals surface area (Å²) >= 11 is 0. The minimum Gasteiger partial charge on any atom is -0.477 e. The van der Waals surface area contributed by atoms with Crippen LogP contribution in [0, 0.1) is 6.92 Å². The Kier molecular flexibility index (Phi) is 3.99. The highest BCUT2D eigenvalue weighted by Crippen LogP contribution is 2.21. The number of nitrogens with zero attached hydrogens (tertiary/aromatic N) is 2. The number of carboxylic acids is 1. The van der Waals surface area contributed by atoms with Crippen molar-refractivity contribution < 1.29 is 27.9 Å². The van der Waals surface area contributed by atoms with Crippen LogP contribution in [0.15, 0.2) is 11.0 Å². The Morgan fingerprint density at radius 1 is 1.36 bits per heavy atom. The number of aromatic carboxylic acids is 1. The third kappa shape index (κ3) is 2.70. The highest BCUT2D eigenvalue weighted by atomic mass is 19.3. The van der Waals surface area contributed by atoms with E-state index in [1.807, 2.05) is 0 Å². The molecule has 0 saturated heterocycles. The van der Waals surface area contributed by atoms with E-state index in [0.29, 0.717) is 0 Å². The molecule has 0 bridgehead atoms. The van der Waals surface area contributed by atoms with Crippen molar-refractivity contribution in [2.24, 2.45) is 0 Å². The fraction of sp³-hybridized carbons (Fsp3) is 0.462. The maximum atomic E-state index is 13.1. The summed E-state index contributed by atoms with van der Waals surface area (Å²) < 4.78 is 39.7. The van der Waals surface area contributed by atoms with Crippen molar-refractivity contribution in [2.45, 2.75) is 19.4 Å². The van der Waals surface area contributed by atoms with E-state index in [1.165, 1.54) is 11.5 Å². The maximum absolute atomic E-state index is 13.1. The zero-order valence-electron chi connectivity index (χ0n) is 11.6. The van der Waals surface area contributed by atoms with Crippen molar-refractivity contribution in [1.29, 1.82) is 0 Å². The van der Waals surface area contributed by atoms with Gasteiger partial charge in [-0.1, -0.05) is 0 Å². The number of hydrogen-bond acceptors (Lipinski definition) is 3. The summed E-state index contributed by atoms with van der Waals surface area (Å²) in [5, 5.41) is 8.94. The molecular weight excluding hydrogens is 305 g/mol. The number of fused-ring (bicyclic) bond motifs is 1. The molecule has 1 aliphatic heterocycles. The van der Waals surface area contributed by atoms with Crippen molar-refractivity contribution in [3.8, 4) is 0 Å². The molecule has 6 nitrogen and oxygen atoms in total. The summed E-state index contributed by atoms with van der Waals surface area (Å²) in [6, 6.07) is 0. The molecule has 0 aromatic carbocycles. The van der Waals surface area contributed by atoms with E-state index >= 15 is 0 Å². The first-order valence-electron chi connectivity index (χ1n) is 6.38. The third-order valence-electron chi connectivity index (χ3n) is 3.46. The standard InChI is InChI=1S/C13H13F3N2O4/c1-7-9-11(20)18(6-13(15,16)5-14)3-2-17(9)4-8(10(7)19)12(21)22/h4H,2-3,5-6H2,1H3,(H,21,22). The average Bonchev–Trinajstić information content (AvgIpc) is 2.45. The number of rotatable bonds is 4. The second kappa shape index (κ2) is 5.47. The van der Waals surface area contributed by atoms with Crippen LogP contribution in [0.5, 0.6) is 0 Å². The number of carbonyl (C=O) groups is 2. The van der Waals surface area contributed by atoms with E-state index < -0.39 is 42.0 Å². The Hall–Kier alpha value is -2.32. The lowest BCUT2D eigenvalue weighted by atomic mass is 10.1. The van der Waals surface area contributed by atoms with Crippen molar-refractivity contribution in [2.75, 3.05) is 19.8 Å². The molecule has 1 N–H and O–H groups in total. The zero-order chi connectivity index (χ0) is 16.7. The lowest BCUT2D eigenvalue weighted by Crippen LogP contribution is -2.48. The Morgan fingerprint density at radius 2 is 2.00 bits per heavy atom. The molecule has 22 heavy (non-hydrogen) atoms. The number of carbonyl (C=O) groups excluding carboxylic acids is 1. The molecule has 2 rings (SSSR count).